The average Bonchev–Trinajstić information content (AvgIpc) is 1.69. The molecule has 0 aromatic rings. The Morgan fingerprint density at radius 1 is 1.57 bits per heavy atom. The first-order valence-electron chi connectivity index (χ1n) is 2.85. The molecule has 1 aliphatic rings. The summed E-state index contributed by atoms with van der Waals surface area (Å²) in [6, 6.07) is 0. The third-order valence-corrected chi connectivity index (χ3v) is 2.18. The summed E-state index contributed by atoms with van der Waals surface area (Å²) in [5.41, 5.74) is 0. The van der Waals surface area contributed by atoms with Crippen LogP contribution in [0.15, 0.2) is 0 Å². The van der Waals surface area contributed by atoms with E-state index in [9.17, 15) is 0 Å². The smallest absolute Gasteiger partial charge is 0.0148 e. The van der Waals surface area contributed by atoms with E-state index in [0.717, 1.165) is 4.83 Å². The summed E-state index contributed by atoms with van der Waals surface area (Å²) < 4.78 is 0. The lowest BCUT2D eigenvalue weighted by Gasteiger charge is -2.13. The van der Waals surface area contributed by atoms with Gasteiger partial charge in [-0.05, 0) is 19.3 Å². The predicted octanol–water partition coefficient (Wildman–Crippen LogP) is 2.53. The highest BCUT2D eigenvalue weighted by molar-refractivity contribution is 9.09. The largest absolute Gasteiger partial charge is 0.0891 e. The lowest BCUT2D eigenvalue weighted by atomic mass is 10.0. The molecule has 0 spiro atoms. The van der Waals surface area contributed by atoms with Crippen LogP contribution < -0.4 is 0 Å². The molecular formula is C6H10Br. The second-order valence-electron chi connectivity index (χ2n) is 2.05. The molecular weight excluding hydrogens is 152 g/mol. The second kappa shape index (κ2) is 2.71. The van der Waals surface area contributed by atoms with Gasteiger partial charge in [-0.15, -0.1) is 0 Å². The van der Waals surface area contributed by atoms with Gasteiger partial charge in [0.1, 0.15) is 0 Å². The highest BCUT2D eigenvalue weighted by Crippen LogP contribution is 2.22. The van der Waals surface area contributed by atoms with E-state index in [2.05, 4.69) is 22.4 Å². The van der Waals surface area contributed by atoms with Crippen molar-refractivity contribution in [2.24, 2.45) is 0 Å². The van der Waals surface area contributed by atoms with Gasteiger partial charge < -0.3 is 0 Å². The van der Waals surface area contributed by atoms with Crippen molar-refractivity contribution in [3.8, 4) is 0 Å². The number of hydrogen-bond donors (Lipinski definition) is 0. The number of hydrogen-bond acceptors (Lipinski definition) is 0. The molecule has 1 fully saturated rings. The molecule has 0 N–H and O–H groups in total. The van der Waals surface area contributed by atoms with Crippen LogP contribution in [-0.4, -0.2) is 4.83 Å². The van der Waals surface area contributed by atoms with Gasteiger partial charge in [-0.25, -0.2) is 0 Å². The van der Waals surface area contributed by atoms with Gasteiger partial charge in [0, 0.05) is 4.83 Å². The van der Waals surface area contributed by atoms with Gasteiger partial charge >= 0.3 is 0 Å². The van der Waals surface area contributed by atoms with Crippen LogP contribution in [0, 0.1) is 6.42 Å². The first-order valence-corrected chi connectivity index (χ1v) is 3.77. The summed E-state index contributed by atoms with van der Waals surface area (Å²) >= 11 is 3.56. The van der Waals surface area contributed by atoms with E-state index in [4.69, 9.17) is 0 Å². The Morgan fingerprint density at radius 3 is 2.71 bits per heavy atom. The maximum Gasteiger partial charge on any atom is 0.0148 e. The lowest BCUT2D eigenvalue weighted by Crippen LogP contribution is -2.03. The zero-order valence-electron chi connectivity index (χ0n) is 4.36. The first kappa shape index (κ1) is 5.61. The fraction of sp³-hybridized carbons (Fsp3) is 0.833. The Bertz CT molecular complexity index is 46.1. The Labute approximate surface area is 53.4 Å². The molecule has 1 aliphatic carbocycles. The van der Waals surface area contributed by atoms with Crippen LogP contribution in [0.25, 0.3) is 0 Å². The molecule has 1 atom stereocenters. The molecule has 1 rings (SSSR count). The van der Waals surface area contributed by atoms with Crippen LogP contribution >= 0.6 is 15.9 Å². The van der Waals surface area contributed by atoms with Crippen LogP contribution in [-0.2, 0) is 0 Å². The van der Waals surface area contributed by atoms with Crippen LogP contribution in [0.4, 0.5) is 0 Å². The Morgan fingerprint density at radius 2 is 2.43 bits per heavy atom. The fourth-order valence-electron chi connectivity index (χ4n) is 0.900. The SMILES string of the molecule is BrC1C[CH]CCC1. The van der Waals surface area contributed by atoms with E-state index in [1.165, 1.54) is 25.7 Å². The molecule has 0 nitrogen and oxygen atoms in total. The highest BCUT2D eigenvalue weighted by atomic mass is 79.9. The summed E-state index contributed by atoms with van der Waals surface area (Å²) in [7, 11) is 0. The topological polar surface area (TPSA) is 0 Å². The van der Waals surface area contributed by atoms with Gasteiger partial charge in [0.05, 0.1) is 0 Å². The predicted molar refractivity (Wildman–Crippen MR) is 35.5 cm³/mol. The van der Waals surface area contributed by atoms with Crippen LogP contribution in [0.2, 0.25) is 0 Å². The number of halogens is 1. The minimum Gasteiger partial charge on any atom is -0.0891 e. The molecule has 0 aromatic heterocycles. The summed E-state index contributed by atoms with van der Waals surface area (Å²) in [6.07, 6.45) is 7.73. The van der Waals surface area contributed by atoms with Crippen LogP contribution in [0.1, 0.15) is 25.7 Å². The Balaban J connectivity index is 2.12. The van der Waals surface area contributed by atoms with Crippen molar-refractivity contribution in [1.29, 1.82) is 0 Å². The van der Waals surface area contributed by atoms with E-state index in [0.29, 0.717) is 0 Å². The molecule has 1 saturated carbocycles. The maximum absolute atomic E-state index is 3.56. The van der Waals surface area contributed by atoms with Crippen molar-refractivity contribution in [3.05, 3.63) is 6.42 Å². The number of rotatable bonds is 0. The van der Waals surface area contributed by atoms with Gasteiger partial charge in [0.25, 0.3) is 0 Å². The van der Waals surface area contributed by atoms with Gasteiger partial charge in [-0.2, -0.15) is 0 Å². The molecule has 0 aromatic carbocycles. The van der Waals surface area contributed by atoms with Crippen molar-refractivity contribution in [3.63, 3.8) is 0 Å². The monoisotopic (exact) mass is 161 g/mol. The van der Waals surface area contributed by atoms with Crippen molar-refractivity contribution >= 4 is 15.9 Å². The Hall–Kier alpha value is 0.480. The molecule has 1 radical (unpaired) electrons. The Kier molecular flexibility index (Phi) is 2.17. The minimum absolute atomic E-state index is 0.793. The normalized spacial score (nSPS) is 25.3. The first-order chi connectivity index (χ1) is 3.39. The molecule has 41 valence electrons. The molecule has 0 bridgehead atoms. The fourth-order valence-corrected chi connectivity index (χ4v) is 1.49. The van der Waals surface area contributed by atoms with Gasteiger partial charge in [-0.1, -0.05) is 28.8 Å². The van der Waals surface area contributed by atoms with Crippen molar-refractivity contribution < 1.29 is 0 Å². The van der Waals surface area contributed by atoms with Crippen LogP contribution in [0.5, 0.6) is 0 Å². The van der Waals surface area contributed by atoms with E-state index in [1.807, 2.05) is 0 Å². The van der Waals surface area contributed by atoms with E-state index in [-0.39, 0.29) is 0 Å². The lowest BCUT2D eigenvalue weighted by molar-refractivity contribution is 0.613. The summed E-state index contributed by atoms with van der Waals surface area (Å²) in [5.74, 6) is 0. The molecule has 7 heavy (non-hydrogen) atoms. The third-order valence-electron chi connectivity index (χ3n) is 1.35. The maximum atomic E-state index is 3.56. The third kappa shape index (κ3) is 1.81. The molecule has 0 saturated heterocycles. The van der Waals surface area contributed by atoms with Gasteiger partial charge in [0.2, 0.25) is 0 Å². The zero-order chi connectivity index (χ0) is 5.11. The van der Waals surface area contributed by atoms with Gasteiger partial charge in [0.15, 0.2) is 0 Å². The molecule has 1 heteroatoms. The van der Waals surface area contributed by atoms with Crippen LogP contribution in [0.3, 0.4) is 0 Å². The molecule has 0 heterocycles. The molecule has 0 amide bonds. The highest BCUT2D eigenvalue weighted by Gasteiger charge is 2.07. The van der Waals surface area contributed by atoms with E-state index >= 15 is 0 Å². The van der Waals surface area contributed by atoms with Crippen molar-refractivity contribution in [1.82, 2.24) is 0 Å². The summed E-state index contributed by atoms with van der Waals surface area (Å²) in [6.45, 7) is 0. The standard InChI is InChI=1S/C6H10Br/c7-6-4-2-1-3-5-6/h2,6H,1,3-5H2. The second-order valence-corrected chi connectivity index (χ2v) is 3.35. The average molecular weight is 162 g/mol. The van der Waals surface area contributed by atoms with Crippen molar-refractivity contribution in [2.75, 3.05) is 0 Å². The summed E-state index contributed by atoms with van der Waals surface area (Å²) in [4.78, 5) is 0.793. The quantitative estimate of drug-likeness (QED) is 0.480. The molecule has 0 aliphatic heterocycles. The molecule has 1 unspecified atom stereocenters. The minimum atomic E-state index is 0.793. The van der Waals surface area contributed by atoms with Crippen molar-refractivity contribution in [2.45, 2.75) is 30.5 Å². The van der Waals surface area contributed by atoms with E-state index < -0.39 is 0 Å². The van der Waals surface area contributed by atoms with Gasteiger partial charge in [-0.3, -0.25) is 0 Å². The summed E-state index contributed by atoms with van der Waals surface area (Å²) in [5, 5.41) is 0. The van der Waals surface area contributed by atoms with E-state index in [1.54, 1.807) is 0 Å². The zero-order valence-corrected chi connectivity index (χ0v) is 5.95. The number of alkyl halides is 1.